The van der Waals surface area contributed by atoms with Crippen molar-refractivity contribution in [2.24, 2.45) is 5.92 Å². The molecule has 3 N–H and O–H groups in total. The molecule has 0 spiro atoms. The topological polar surface area (TPSA) is 78.4 Å². The van der Waals surface area contributed by atoms with Crippen molar-refractivity contribution in [1.82, 2.24) is 10.6 Å². The summed E-state index contributed by atoms with van der Waals surface area (Å²) in [6.07, 6.45) is 5.46. The van der Waals surface area contributed by atoms with Crippen LogP contribution in [0.1, 0.15) is 38.5 Å². The number of hydrogen-bond donors (Lipinski definition) is 3. The average Bonchev–Trinajstić information content (AvgIpc) is 2.90. The van der Waals surface area contributed by atoms with Gasteiger partial charge in [0.25, 0.3) is 0 Å². The van der Waals surface area contributed by atoms with Crippen LogP contribution in [0.2, 0.25) is 0 Å². The molecule has 1 heterocycles. The highest BCUT2D eigenvalue weighted by Crippen LogP contribution is 2.26. The van der Waals surface area contributed by atoms with E-state index in [9.17, 15) is 9.59 Å². The maximum absolute atomic E-state index is 11.8. The Balaban J connectivity index is 1.67. The van der Waals surface area contributed by atoms with Gasteiger partial charge >= 0.3 is 12.0 Å². The predicted octanol–water partition coefficient (Wildman–Crippen LogP) is 1.82. The minimum Gasteiger partial charge on any atom is -0.481 e. The van der Waals surface area contributed by atoms with Gasteiger partial charge in [0.1, 0.15) is 0 Å². The molecular weight excluding hydrogens is 264 g/mol. The van der Waals surface area contributed by atoms with Crippen LogP contribution in [-0.4, -0.2) is 40.7 Å². The summed E-state index contributed by atoms with van der Waals surface area (Å²) in [5.41, 5.74) is 0. The van der Waals surface area contributed by atoms with Gasteiger partial charge in [-0.15, -0.1) is 0 Å². The number of carbonyl (C=O) groups excluding carboxylic acids is 1. The van der Waals surface area contributed by atoms with Crippen molar-refractivity contribution in [2.45, 2.75) is 49.8 Å². The Morgan fingerprint density at radius 1 is 1.21 bits per heavy atom. The van der Waals surface area contributed by atoms with Gasteiger partial charge in [-0.1, -0.05) is 6.42 Å². The fraction of sp³-hybridized carbons (Fsp3) is 0.846. The Morgan fingerprint density at radius 3 is 2.74 bits per heavy atom. The van der Waals surface area contributed by atoms with Crippen molar-refractivity contribution >= 4 is 23.8 Å². The zero-order chi connectivity index (χ0) is 13.7. The number of amides is 2. The number of hydrogen-bond acceptors (Lipinski definition) is 3. The highest BCUT2D eigenvalue weighted by molar-refractivity contribution is 8.00. The van der Waals surface area contributed by atoms with E-state index in [1.165, 1.54) is 18.6 Å². The smallest absolute Gasteiger partial charge is 0.315 e. The Hall–Kier alpha value is -0.910. The fourth-order valence-electron chi connectivity index (χ4n) is 2.79. The molecule has 1 aliphatic heterocycles. The van der Waals surface area contributed by atoms with E-state index in [0.29, 0.717) is 18.2 Å². The molecule has 0 radical (unpaired) electrons. The highest BCUT2D eigenvalue weighted by Gasteiger charge is 2.27. The first kappa shape index (κ1) is 14.5. The van der Waals surface area contributed by atoms with Gasteiger partial charge in [-0.25, -0.2) is 4.79 Å². The molecule has 3 atom stereocenters. The van der Waals surface area contributed by atoms with Gasteiger partial charge in [-0.3, -0.25) is 4.79 Å². The first-order valence-electron chi connectivity index (χ1n) is 7.04. The van der Waals surface area contributed by atoms with Crippen LogP contribution in [0, 0.1) is 5.92 Å². The summed E-state index contributed by atoms with van der Waals surface area (Å²) in [4.78, 5) is 22.7. The lowest BCUT2D eigenvalue weighted by Crippen LogP contribution is -2.46. The molecular formula is C13H22N2O3S. The number of rotatable bonds is 4. The molecule has 0 aromatic heterocycles. The van der Waals surface area contributed by atoms with Crippen molar-refractivity contribution in [1.29, 1.82) is 0 Å². The Morgan fingerprint density at radius 2 is 2.05 bits per heavy atom. The zero-order valence-electron chi connectivity index (χ0n) is 11.1. The van der Waals surface area contributed by atoms with E-state index in [1.807, 2.05) is 11.8 Å². The molecule has 0 aromatic carbocycles. The van der Waals surface area contributed by atoms with Crippen molar-refractivity contribution in [3.8, 4) is 0 Å². The van der Waals surface area contributed by atoms with Crippen LogP contribution in [0.15, 0.2) is 0 Å². The lowest BCUT2D eigenvalue weighted by molar-refractivity contribution is -0.143. The van der Waals surface area contributed by atoms with Crippen molar-refractivity contribution in [2.75, 3.05) is 12.3 Å². The first-order chi connectivity index (χ1) is 9.15. The van der Waals surface area contributed by atoms with E-state index in [-0.39, 0.29) is 18.0 Å². The van der Waals surface area contributed by atoms with Gasteiger partial charge in [-0.2, -0.15) is 11.8 Å². The fourth-order valence-corrected chi connectivity index (χ4v) is 3.99. The van der Waals surface area contributed by atoms with E-state index in [0.717, 1.165) is 19.3 Å². The number of aliphatic carboxylic acids is 1. The van der Waals surface area contributed by atoms with Gasteiger partial charge in [0.15, 0.2) is 0 Å². The first-order valence-corrected chi connectivity index (χ1v) is 8.09. The van der Waals surface area contributed by atoms with Crippen molar-refractivity contribution < 1.29 is 14.7 Å². The molecule has 2 fully saturated rings. The lowest BCUT2D eigenvalue weighted by atomic mass is 9.86. The lowest BCUT2D eigenvalue weighted by Gasteiger charge is -2.27. The standard InChI is InChI=1S/C13H22N2O3S/c16-12(17)9-3-1-4-10(7-9)15-13(18)14-8-11-5-2-6-19-11/h9-11H,1-8H2,(H,16,17)(H2,14,15,18). The number of nitrogens with one attached hydrogen (secondary N) is 2. The summed E-state index contributed by atoms with van der Waals surface area (Å²) in [5, 5.41) is 15.4. The molecule has 19 heavy (non-hydrogen) atoms. The van der Waals surface area contributed by atoms with E-state index in [2.05, 4.69) is 10.6 Å². The van der Waals surface area contributed by atoms with Gasteiger partial charge in [0, 0.05) is 17.8 Å². The normalized spacial score (nSPS) is 30.8. The average molecular weight is 286 g/mol. The van der Waals surface area contributed by atoms with Crippen molar-refractivity contribution in [3.05, 3.63) is 0 Å². The largest absolute Gasteiger partial charge is 0.481 e. The zero-order valence-corrected chi connectivity index (χ0v) is 11.9. The van der Waals surface area contributed by atoms with Gasteiger partial charge < -0.3 is 15.7 Å². The number of carbonyl (C=O) groups is 2. The molecule has 1 saturated heterocycles. The monoisotopic (exact) mass is 286 g/mol. The summed E-state index contributed by atoms with van der Waals surface area (Å²) in [5.74, 6) is 0.148. The van der Waals surface area contributed by atoms with Crippen LogP contribution in [0.25, 0.3) is 0 Å². The van der Waals surface area contributed by atoms with Gasteiger partial charge in [0.05, 0.1) is 5.92 Å². The van der Waals surface area contributed by atoms with E-state index >= 15 is 0 Å². The highest BCUT2D eigenvalue weighted by atomic mass is 32.2. The summed E-state index contributed by atoms with van der Waals surface area (Å²) in [6, 6.07) is -0.144. The van der Waals surface area contributed by atoms with Crippen molar-refractivity contribution in [3.63, 3.8) is 0 Å². The third-order valence-electron chi connectivity index (χ3n) is 3.87. The van der Waals surface area contributed by atoms with Crippen LogP contribution in [-0.2, 0) is 4.79 Å². The second-order valence-corrected chi connectivity index (χ2v) is 6.80. The third kappa shape index (κ3) is 4.60. The summed E-state index contributed by atoms with van der Waals surface area (Å²) < 4.78 is 0. The second kappa shape index (κ2) is 7.03. The van der Waals surface area contributed by atoms with Crippen LogP contribution in [0.5, 0.6) is 0 Å². The van der Waals surface area contributed by atoms with Crippen LogP contribution < -0.4 is 10.6 Å². The third-order valence-corrected chi connectivity index (χ3v) is 5.27. The number of carboxylic acids is 1. The molecule has 2 amide bonds. The molecule has 2 rings (SSSR count). The van der Waals surface area contributed by atoms with Gasteiger partial charge in [-0.05, 0) is 37.9 Å². The second-order valence-electron chi connectivity index (χ2n) is 5.39. The molecule has 1 saturated carbocycles. The van der Waals surface area contributed by atoms with E-state index in [4.69, 9.17) is 5.11 Å². The summed E-state index contributed by atoms with van der Waals surface area (Å²) in [7, 11) is 0. The van der Waals surface area contributed by atoms with Gasteiger partial charge in [0.2, 0.25) is 0 Å². The molecule has 0 aromatic rings. The molecule has 108 valence electrons. The van der Waals surface area contributed by atoms with E-state index < -0.39 is 5.97 Å². The number of urea groups is 1. The molecule has 0 bridgehead atoms. The Labute approximate surface area is 117 Å². The van der Waals surface area contributed by atoms with Crippen LogP contribution in [0.3, 0.4) is 0 Å². The maximum Gasteiger partial charge on any atom is 0.315 e. The molecule has 3 unspecified atom stereocenters. The SMILES string of the molecule is O=C(NCC1CCCS1)NC1CCCC(C(=O)O)C1. The number of thioether (sulfide) groups is 1. The Bertz CT molecular complexity index is 332. The summed E-state index contributed by atoms with van der Waals surface area (Å²) >= 11 is 1.91. The predicted molar refractivity (Wildman–Crippen MR) is 75.4 cm³/mol. The van der Waals surface area contributed by atoms with Crippen LogP contribution >= 0.6 is 11.8 Å². The Kier molecular flexibility index (Phi) is 5.36. The molecule has 2 aliphatic rings. The quantitative estimate of drug-likeness (QED) is 0.736. The van der Waals surface area contributed by atoms with E-state index in [1.54, 1.807) is 0 Å². The minimum absolute atomic E-state index is 0.00563. The molecule has 6 heteroatoms. The number of carboxylic acid groups (broad SMARTS) is 1. The van der Waals surface area contributed by atoms with Crippen LogP contribution in [0.4, 0.5) is 4.79 Å². The summed E-state index contributed by atoms with van der Waals surface area (Å²) in [6.45, 7) is 0.714. The maximum atomic E-state index is 11.8. The molecule has 5 nitrogen and oxygen atoms in total. The minimum atomic E-state index is -0.741. The molecule has 1 aliphatic carbocycles.